The fourth-order valence-corrected chi connectivity index (χ4v) is 3.40. The van der Waals surface area contributed by atoms with Crippen molar-refractivity contribution in [2.75, 3.05) is 13.7 Å². The summed E-state index contributed by atoms with van der Waals surface area (Å²) in [5.41, 5.74) is 1.03. The van der Waals surface area contributed by atoms with Crippen molar-refractivity contribution in [2.24, 2.45) is 0 Å². The van der Waals surface area contributed by atoms with E-state index in [0.717, 1.165) is 16.2 Å². The SMILES string of the molecule is COC(CNC(=O)N(Cc1ccco1)Cc1cccs1)c1ccccc1. The lowest BCUT2D eigenvalue weighted by molar-refractivity contribution is 0.101. The number of urea groups is 1. The Labute approximate surface area is 157 Å². The van der Waals surface area contributed by atoms with E-state index >= 15 is 0 Å². The number of carbonyl (C=O) groups excluding carboxylic acids is 1. The van der Waals surface area contributed by atoms with E-state index in [9.17, 15) is 4.79 Å². The maximum atomic E-state index is 12.8. The van der Waals surface area contributed by atoms with Gasteiger partial charge >= 0.3 is 6.03 Å². The molecule has 1 aromatic carbocycles. The molecular formula is C20H22N2O3S. The van der Waals surface area contributed by atoms with Crippen LogP contribution in [0.25, 0.3) is 0 Å². The highest BCUT2D eigenvalue weighted by Gasteiger charge is 2.18. The largest absolute Gasteiger partial charge is 0.467 e. The molecule has 1 atom stereocenters. The van der Waals surface area contributed by atoms with Crippen LogP contribution in [0.2, 0.25) is 0 Å². The Kier molecular flexibility index (Phi) is 6.46. The molecule has 5 nitrogen and oxygen atoms in total. The maximum Gasteiger partial charge on any atom is 0.318 e. The Morgan fingerprint density at radius 3 is 2.65 bits per heavy atom. The lowest BCUT2D eigenvalue weighted by Crippen LogP contribution is -2.40. The van der Waals surface area contributed by atoms with Crippen LogP contribution in [0.15, 0.2) is 70.7 Å². The van der Waals surface area contributed by atoms with Crippen molar-refractivity contribution in [3.63, 3.8) is 0 Å². The van der Waals surface area contributed by atoms with Crippen molar-refractivity contribution >= 4 is 17.4 Å². The van der Waals surface area contributed by atoms with Crippen LogP contribution in [0.5, 0.6) is 0 Å². The summed E-state index contributed by atoms with van der Waals surface area (Å²) in [4.78, 5) is 15.6. The Hall–Kier alpha value is -2.57. The molecule has 2 amide bonds. The van der Waals surface area contributed by atoms with E-state index in [1.54, 1.807) is 29.6 Å². The van der Waals surface area contributed by atoms with Gasteiger partial charge in [-0.25, -0.2) is 4.79 Å². The smallest absolute Gasteiger partial charge is 0.318 e. The number of methoxy groups -OCH3 is 1. The Morgan fingerprint density at radius 1 is 1.15 bits per heavy atom. The van der Waals surface area contributed by atoms with Crippen LogP contribution < -0.4 is 5.32 Å². The summed E-state index contributed by atoms with van der Waals surface area (Å²) in [6.07, 6.45) is 1.43. The molecule has 0 bridgehead atoms. The quantitative estimate of drug-likeness (QED) is 0.638. The molecule has 26 heavy (non-hydrogen) atoms. The first-order valence-corrected chi connectivity index (χ1v) is 9.29. The lowest BCUT2D eigenvalue weighted by Gasteiger charge is -2.23. The summed E-state index contributed by atoms with van der Waals surface area (Å²) in [5, 5.41) is 4.99. The molecule has 0 aliphatic heterocycles. The topological polar surface area (TPSA) is 54.7 Å². The van der Waals surface area contributed by atoms with Crippen LogP contribution in [-0.4, -0.2) is 24.6 Å². The molecule has 1 N–H and O–H groups in total. The number of nitrogens with one attached hydrogen (secondary N) is 1. The summed E-state index contributed by atoms with van der Waals surface area (Å²) >= 11 is 1.63. The fraction of sp³-hybridized carbons (Fsp3) is 0.250. The summed E-state index contributed by atoms with van der Waals surface area (Å²) in [6.45, 7) is 1.35. The number of hydrogen-bond donors (Lipinski definition) is 1. The van der Waals surface area contributed by atoms with Crippen molar-refractivity contribution in [1.82, 2.24) is 10.2 Å². The number of rotatable bonds is 8. The van der Waals surface area contributed by atoms with Gasteiger partial charge in [0.25, 0.3) is 0 Å². The van der Waals surface area contributed by atoms with Gasteiger partial charge in [0.05, 0.1) is 25.5 Å². The van der Waals surface area contributed by atoms with E-state index in [4.69, 9.17) is 9.15 Å². The highest BCUT2D eigenvalue weighted by molar-refractivity contribution is 7.09. The average Bonchev–Trinajstić information content (AvgIpc) is 3.36. The highest BCUT2D eigenvalue weighted by atomic mass is 32.1. The van der Waals surface area contributed by atoms with E-state index in [1.165, 1.54) is 0 Å². The molecule has 0 fully saturated rings. The van der Waals surface area contributed by atoms with Gasteiger partial charge < -0.3 is 19.4 Å². The number of hydrogen-bond acceptors (Lipinski definition) is 4. The molecular weight excluding hydrogens is 348 g/mol. The number of amides is 2. The van der Waals surface area contributed by atoms with Crippen LogP contribution in [0.3, 0.4) is 0 Å². The van der Waals surface area contributed by atoms with Crippen molar-refractivity contribution in [2.45, 2.75) is 19.2 Å². The number of benzene rings is 1. The fourth-order valence-electron chi connectivity index (χ4n) is 2.68. The predicted octanol–water partition coefficient (Wildman–Crippen LogP) is 4.44. The minimum Gasteiger partial charge on any atom is -0.467 e. The summed E-state index contributed by atoms with van der Waals surface area (Å²) in [6, 6.07) is 17.4. The third-order valence-corrected chi connectivity index (χ3v) is 4.90. The second kappa shape index (κ2) is 9.22. The minimum atomic E-state index is -0.188. The molecule has 0 saturated heterocycles. The molecule has 0 saturated carbocycles. The van der Waals surface area contributed by atoms with E-state index in [-0.39, 0.29) is 12.1 Å². The highest BCUT2D eigenvalue weighted by Crippen LogP contribution is 2.17. The van der Waals surface area contributed by atoms with E-state index < -0.39 is 0 Å². The van der Waals surface area contributed by atoms with Crippen LogP contribution >= 0.6 is 11.3 Å². The molecule has 1 unspecified atom stereocenters. The van der Waals surface area contributed by atoms with Gasteiger partial charge in [-0.3, -0.25) is 0 Å². The van der Waals surface area contributed by atoms with Crippen LogP contribution in [0, 0.1) is 0 Å². The second-order valence-corrected chi connectivity index (χ2v) is 6.87. The maximum absolute atomic E-state index is 12.8. The van der Waals surface area contributed by atoms with Crippen molar-refractivity contribution < 1.29 is 13.9 Å². The Balaban J connectivity index is 1.64. The van der Waals surface area contributed by atoms with Crippen molar-refractivity contribution in [3.05, 3.63) is 82.4 Å². The first kappa shape index (κ1) is 18.2. The zero-order chi connectivity index (χ0) is 18.2. The summed E-state index contributed by atoms with van der Waals surface area (Å²) < 4.78 is 10.9. The number of carbonyl (C=O) groups is 1. The molecule has 2 aromatic heterocycles. The van der Waals surface area contributed by atoms with Crippen LogP contribution in [-0.2, 0) is 17.8 Å². The van der Waals surface area contributed by atoms with Gasteiger partial charge in [0, 0.05) is 18.5 Å². The molecule has 3 rings (SSSR count). The molecule has 3 aromatic rings. The van der Waals surface area contributed by atoms with Gasteiger partial charge in [0.15, 0.2) is 0 Å². The van der Waals surface area contributed by atoms with Gasteiger partial charge in [-0.05, 0) is 29.1 Å². The monoisotopic (exact) mass is 370 g/mol. The normalized spacial score (nSPS) is 11.9. The zero-order valence-corrected chi connectivity index (χ0v) is 15.4. The third-order valence-electron chi connectivity index (χ3n) is 4.04. The van der Waals surface area contributed by atoms with Crippen LogP contribution in [0.1, 0.15) is 22.3 Å². The molecule has 2 heterocycles. The van der Waals surface area contributed by atoms with Gasteiger partial charge in [0.2, 0.25) is 0 Å². The van der Waals surface area contributed by atoms with Crippen molar-refractivity contribution in [1.29, 1.82) is 0 Å². The number of furan rings is 1. The Bertz CT molecular complexity index is 737. The number of nitrogens with zero attached hydrogens (tertiary/aromatic N) is 1. The molecule has 0 aliphatic rings. The number of thiophene rings is 1. The molecule has 6 heteroatoms. The number of ether oxygens (including phenoxy) is 1. The lowest BCUT2D eigenvalue weighted by atomic mass is 10.1. The standard InChI is InChI=1S/C20H22N2O3S/c1-24-19(16-7-3-2-4-8-16)13-21-20(23)22(14-17-9-5-11-25-17)15-18-10-6-12-26-18/h2-12,19H,13-15H2,1H3,(H,21,23). The summed E-state index contributed by atoms with van der Waals surface area (Å²) in [5.74, 6) is 0.753. The van der Waals surface area contributed by atoms with Gasteiger partial charge in [-0.2, -0.15) is 0 Å². The van der Waals surface area contributed by atoms with E-state index in [0.29, 0.717) is 19.6 Å². The van der Waals surface area contributed by atoms with E-state index in [1.807, 2.05) is 60.0 Å². The molecule has 136 valence electrons. The zero-order valence-electron chi connectivity index (χ0n) is 14.6. The first-order valence-electron chi connectivity index (χ1n) is 8.41. The molecule has 0 aliphatic carbocycles. The van der Waals surface area contributed by atoms with Gasteiger partial charge in [-0.1, -0.05) is 36.4 Å². The summed E-state index contributed by atoms with van der Waals surface area (Å²) in [7, 11) is 1.65. The minimum absolute atomic E-state index is 0.146. The third kappa shape index (κ3) is 4.97. The molecule has 0 radical (unpaired) electrons. The molecule has 0 spiro atoms. The first-order chi connectivity index (χ1) is 12.8. The van der Waals surface area contributed by atoms with Crippen LogP contribution in [0.4, 0.5) is 4.79 Å². The Morgan fingerprint density at radius 2 is 2.00 bits per heavy atom. The van der Waals surface area contributed by atoms with E-state index in [2.05, 4.69) is 5.32 Å². The van der Waals surface area contributed by atoms with Gasteiger partial charge in [0.1, 0.15) is 5.76 Å². The van der Waals surface area contributed by atoms with Gasteiger partial charge in [-0.15, -0.1) is 11.3 Å². The second-order valence-electron chi connectivity index (χ2n) is 5.84. The average molecular weight is 370 g/mol. The predicted molar refractivity (Wildman–Crippen MR) is 102 cm³/mol. The van der Waals surface area contributed by atoms with Crippen molar-refractivity contribution in [3.8, 4) is 0 Å².